The first-order valence-corrected chi connectivity index (χ1v) is 8.82. The van der Waals surface area contributed by atoms with Crippen LogP contribution in [0.3, 0.4) is 0 Å². The molecule has 1 N–H and O–H groups in total. The molecule has 0 saturated heterocycles. The van der Waals surface area contributed by atoms with Crippen LogP contribution in [0.15, 0.2) is 54.7 Å². The van der Waals surface area contributed by atoms with Gasteiger partial charge in [0.15, 0.2) is 12.4 Å². The molecule has 1 heterocycles. The van der Waals surface area contributed by atoms with Gasteiger partial charge in [-0.1, -0.05) is 6.07 Å². The Morgan fingerprint density at radius 2 is 1.70 bits per heavy atom. The van der Waals surface area contributed by atoms with E-state index in [4.69, 9.17) is 9.47 Å². The summed E-state index contributed by atoms with van der Waals surface area (Å²) in [5, 5.41) is 7.09. The number of amides is 1. The standard InChI is InChI=1S/C21H23N3O3/c1-4-26-18-7-5-17(6-8-18)22-21(25)20-9-10-24(23-20)14-27-19-12-15(2)11-16(3)13-19/h5-13H,4,14H2,1-3H3,(H,22,25). The Bertz CT molecular complexity index is 896. The van der Waals surface area contributed by atoms with E-state index in [2.05, 4.69) is 16.5 Å². The van der Waals surface area contributed by atoms with Crippen molar-refractivity contribution in [2.45, 2.75) is 27.5 Å². The van der Waals surface area contributed by atoms with Crippen LogP contribution in [-0.2, 0) is 6.73 Å². The molecule has 3 aromatic rings. The van der Waals surface area contributed by atoms with E-state index in [0.717, 1.165) is 22.6 Å². The number of carbonyl (C=O) groups excluding carboxylic acids is 1. The number of aromatic nitrogens is 2. The third-order valence-corrected chi connectivity index (χ3v) is 3.86. The van der Waals surface area contributed by atoms with Gasteiger partial charge in [0, 0.05) is 11.9 Å². The van der Waals surface area contributed by atoms with Crippen molar-refractivity contribution in [1.29, 1.82) is 0 Å². The highest BCUT2D eigenvalue weighted by Gasteiger charge is 2.10. The molecule has 0 aliphatic heterocycles. The minimum Gasteiger partial charge on any atom is -0.494 e. The van der Waals surface area contributed by atoms with Crippen LogP contribution < -0.4 is 14.8 Å². The Kier molecular flexibility index (Phi) is 5.76. The highest BCUT2D eigenvalue weighted by atomic mass is 16.5. The van der Waals surface area contributed by atoms with E-state index in [-0.39, 0.29) is 12.6 Å². The van der Waals surface area contributed by atoms with Gasteiger partial charge in [-0.15, -0.1) is 0 Å². The average molecular weight is 365 g/mol. The Morgan fingerprint density at radius 1 is 1.00 bits per heavy atom. The third-order valence-electron chi connectivity index (χ3n) is 3.86. The minimum atomic E-state index is -0.274. The highest BCUT2D eigenvalue weighted by molar-refractivity contribution is 6.02. The van der Waals surface area contributed by atoms with E-state index in [1.54, 1.807) is 29.1 Å². The van der Waals surface area contributed by atoms with Crippen molar-refractivity contribution < 1.29 is 14.3 Å². The zero-order valence-electron chi connectivity index (χ0n) is 15.7. The van der Waals surface area contributed by atoms with Crippen LogP contribution in [0.2, 0.25) is 0 Å². The molecule has 6 nitrogen and oxygen atoms in total. The van der Waals surface area contributed by atoms with Gasteiger partial charge in [0.05, 0.1) is 6.61 Å². The molecule has 0 bridgehead atoms. The van der Waals surface area contributed by atoms with Gasteiger partial charge in [0.25, 0.3) is 5.91 Å². The smallest absolute Gasteiger partial charge is 0.276 e. The number of hydrogen-bond acceptors (Lipinski definition) is 4. The largest absolute Gasteiger partial charge is 0.494 e. The Morgan fingerprint density at radius 3 is 2.37 bits per heavy atom. The summed E-state index contributed by atoms with van der Waals surface area (Å²) < 4.78 is 12.7. The van der Waals surface area contributed by atoms with Gasteiger partial charge in [-0.2, -0.15) is 5.10 Å². The predicted octanol–water partition coefficient (Wildman–Crippen LogP) is 4.19. The first-order valence-electron chi connectivity index (χ1n) is 8.82. The van der Waals surface area contributed by atoms with Crippen LogP contribution in [0.4, 0.5) is 5.69 Å². The molecular weight excluding hydrogens is 342 g/mol. The molecule has 140 valence electrons. The lowest BCUT2D eigenvalue weighted by Crippen LogP contribution is -2.14. The molecular formula is C21H23N3O3. The molecule has 1 amide bonds. The predicted molar refractivity (Wildman–Crippen MR) is 104 cm³/mol. The van der Waals surface area contributed by atoms with Crippen molar-refractivity contribution in [2.24, 2.45) is 0 Å². The van der Waals surface area contributed by atoms with Crippen molar-refractivity contribution in [1.82, 2.24) is 9.78 Å². The maximum absolute atomic E-state index is 12.3. The second-order valence-corrected chi connectivity index (χ2v) is 6.25. The number of aryl methyl sites for hydroxylation is 2. The van der Waals surface area contributed by atoms with E-state index in [1.807, 2.05) is 45.0 Å². The number of anilines is 1. The fourth-order valence-electron chi connectivity index (χ4n) is 2.71. The first kappa shape index (κ1) is 18.5. The minimum absolute atomic E-state index is 0.235. The lowest BCUT2D eigenvalue weighted by molar-refractivity contribution is 0.102. The Hall–Kier alpha value is -3.28. The van der Waals surface area contributed by atoms with E-state index in [9.17, 15) is 4.79 Å². The average Bonchev–Trinajstić information content (AvgIpc) is 3.10. The summed E-state index contributed by atoms with van der Waals surface area (Å²) in [7, 11) is 0. The number of nitrogens with one attached hydrogen (secondary N) is 1. The van der Waals surface area contributed by atoms with Crippen LogP contribution >= 0.6 is 0 Å². The fraction of sp³-hybridized carbons (Fsp3) is 0.238. The highest BCUT2D eigenvalue weighted by Crippen LogP contribution is 2.17. The van der Waals surface area contributed by atoms with Gasteiger partial charge in [0.2, 0.25) is 0 Å². The second kappa shape index (κ2) is 8.40. The van der Waals surface area contributed by atoms with Crippen LogP contribution in [0.5, 0.6) is 11.5 Å². The molecule has 0 aliphatic rings. The van der Waals surface area contributed by atoms with Crippen LogP contribution in [-0.4, -0.2) is 22.3 Å². The van der Waals surface area contributed by atoms with Crippen molar-refractivity contribution in [3.8, 4) is 11.5 Å². The van der Waals surface area contributed by atoms with Gasteiger partial charge in [-0.3, -0.25) is 4.79 Å². The summed E-state index contributed by atoms with van der Waals surface area (Å²) in [5.74, 6) is 1.27. The number of rotatable bonds is 7. The SMILES string of the molecule is CCOc1ccc(NC(=O)c2ccn(COc3cc(C)cc(C)c3)n2)cc1. The molecule has 0 radical (unpaired) electrons. The van der Waals surface area contributed by atoms with Crippen LogP contribution in [0, 0.1) is 13.8 Å². The molecule has 0 spiro atoms. The summed E-state index contributed by atoms with van der Waals surface area (Å²) in [6, 6.07) is 14.9. The quantitative estimate of drug-likeness (QED) is 0.682. The number of nitrogens with zero attached hydrogens (tertiary/aromatic N) is 2. The molecule has 0 aliphatic carbocycles. The summed E-state index contributed by atoms with van der Waals surface area (Å²) in [4.78, 5) is 12.3. The fourth-order valence-corrected chi connectivity index (χ4v) is 2.71. The van der Waals surface area contributed by atoms with Crippen LogP contribution in [0.1, 0.15) is 28.5 Å². The number of benzene rings is 2. The van der Waals surface area contributed by atoms with E-state index in [0.29, 0.717) is 18.0 Å². The molecule has 2 aromatic carbocycles. The third kappa shape index (κ3) is 5.10. The van der Waals surface area contributed by atoms with E-state index >= 15 is 0 Å². The Balaban J connectivity index is 1.58. The lowest BCUT2D eigenvalue weighted by Gasteiger charge is -2.08. The second-order valence-electron chi connectivity index (χ2n) is 6.25. The van der Waals surface area contributed by atoms with Gasteiger partial charge < -0.3 is 14.8 Å². The number of hydrogen-bond donors (Lipinski definition) is 1. The number of carbonyl (C=O) groups is 1. The van der Waals surface area contributed by atoms with Gasteiger partial charge in [0.1, 0.15) is 11.5 Å². The van der Waals surface area contributed by atoms with Crippen molar-refractivity contribution >= 4 is 11.6 Å². The zero-order valence-corrected chi connectivity index (χ0v) is 15.7. The summed E-state index contributed by atoms with van der Waals surface area (Å²) >= 11 is 0. The van der Waals surface area contributed by atoms with Gasteiger partial charge in [-0.25, -0.2) is 4.68 Å². The van der Waals surface area contributed by atoms with Gasteiger partial charge in [-0.05, 0) is 74.4 Å². The molecule has 27 heavy (non-hydrogen) atoms. The van der Waals surface area contributed by atoms with E-state index < -0.39 is 0 Å². The Labute approximate surface area is 158 Å². The molecule has 0 atom stereocenters. The molecule has 0 saturated carbocycles. The molecule has 6 heteroatoms. The first-order chi connectivity index (χ1) is 13.0. The summed E-state index contributed by atoms with van der Waals surface area (Å²) in [6.07, 6.45) is 1.72. The lowest BCUT2D eigenvalue weighted by atomic mass is 10.1. The molecule has 1 aromatic heterocycles. The molecule has 0 unspecified atom stereocenters. The van der Waals surface area contributed by atoms with E-state index in [1.165, 1.54) is 0 Å². The zero-order chi connectivity index (χ0) is 19.2. The monoisotopic (exact) mass is 365 g/mol. The van der Waals surface area contributed by atoms with Crippen molar-refractivity contribution in [3.63, 3.8) is 0 Å². The topological polar surface area (TPSA) is 65.4 Å². The number of ether oxygens (including phenoxy) is 2. The normalized spacial score (nSPS) is 10.5. The molecule has 3 rings (SSSR count). The van der Waals surface area contributed by atoms with Crippen molar-refractivity contribution in [3.05, 3.63) is 71.5 Å². The molecule has 0 fully saturated rings. The van der Waals surface area contributed by atoms with Crippen molar-refractivity contribution in [2.75, 3.05) is 11.9 Å². The van der Waals surface area contributed by atoms with Crippen LogP contribution in [0.25, 0.3) is 0 Å². The summed E-state index contributed by atoms with van der Waals surface area (Å²) in [6.45, 7) is 6.82. The maximum Gasteiger partial charge on any atom is 0.276 e. The van der Waals surface area contributed by atoms with Gasteiger partial charge >= 0.3 is 0 Å². The summed E-state index contributed by atoms with van der Waals surface area (Å²) in [5.41, 5.74) is 3.29. The maximum atomic E-state index is 12.3.